The lowest BCUT2D eigenvalue weighted by Crippen LogP contribution is -2.47. The maximum atomic E-state index is 12.8. The zero-order valence-electron chi connectivity index (χ0n) is 15.4. The third kappa shape index (κ3) is 6.23. The number of hydrogen-bond donors (Lipinski definition) is 1. The average molecular weight is 371 g/mol. The van der Waals surface area contributed by atoms with Crippen LogP contribution in [0.2, 0.25) is 0 Å². The predicted molar refractivity (Wildman–Crippen MR) is 107 cm³/mol. The Hall–Kier alpha value is -2.27. The highest BCUT2D eigenvalue weighted by atomic mass is 32.2. The Labute approximate surface area is 160 Å². The van der Waals surface area contributed by atoms with Crippen LogP contribution >= 0.6 is 11.8 Å². The second-order valence-corrected chi connectivity index (χ2v) is 7.16. The van der Waals surface area contributed by atoms with Crippen molar-refractivity contribution in [1.82, 2.24) is 10.2 Å². The molecule has 0 spiro atoms. The van der Waals surface area contributed by atoms with Gasteiger partial charge in [-0.2, -0.15) is 0 Å². The van der Waals surface area contributed by atoms with Crippen molar-refractivity contribution in [2.75, 3.05) is 12.3 Å². The minimum Gasteiger partial charge on any atom is -0.355 e. The Balaban J connectivity index is 2.01. The van der Waals surface area contributed by atoms with Crippen LogP contribution in [-0.4, -0.2) is 35.1 Å². The second kappa shape index (κ2) is 10.7. The molecule has 0 saturated heterocycles. The van der Waals surface area contributed by atoms with Crippen LogP contribution in [0.4, 0.5) is 0 Å². The van der Waals surface area contributed by atoms with Crippen LogP contribution in [-0.2, 0) is 16.1 Å². The van der Waals surface area contributed by atoms with Gasteiger partial charge < -0.3 is 10.2 Å². The quantitative estimate of drug-likeness (QED) is 0.685. The van der Waals surface area contributed by atoms with Gasteiger partial charge in [-0.15, -0.1) is 11.8 Å². The number of amides is 2. The number of nitrogens with zero attached hydrogens (tertiary/aromatic N) is 1. The highest BCUT2D eigenvalue weighted by molar-refractivity contribution is 7.99. The van der Waals surface area contributed by atoms with Crippen molar-refractivity contribution in [3.63, 3.8) is 0 Å². The Morgan fingerprint density at radius 3 is 2.27 bits per heavy atom. The van der Waals surface area contributed by atoms with Crippen molar-refractivity contribution in [1.29, 1.82) is 0 Å². The molecular formula is C21H26N2O2S. The molecule has 0 radical (unpaired) electrons. The van der Waals surface area contributed by atoms with Crippen molar-refractivity contribution >= 4 is 23.6 Å². The van der Waals surface area contributed by atoms with E-state index >= 15 is 0 Å². The Bertz CT molecular complexity index is 692. The molecule has 138 valence electrons. The lowest BCUT2D eigenvalue weighted by atomic mass is 10.1. The minimum atomic E-state index is -0.496. The van der Waals surface area contributed by atoms with Gasteiger partial charge in [-0.05, 0) is 31.5 Å². The molecule has 0 aliphatic heterocycles. The summed E-state index contributed by atoms with van der Waals surface area (Å²) in [6, 6.07) is 19.3. The molecule has 1 atom stereocenters. The molecule has 26 heavy (non-hydrogen) atoms. The fraction of sp³-hybridized carbons (Fsp3) is 0.333. The Morgan fingerprint density at radius 2 is 1.65 bits per heavy atom. The van der Waals surface area contributed by atoms with Gasteiger partial charge in [0, 0.05) is 30.2 Å². The van der Waals surface area contributed by atoms with Crippen LogP contribution < -0.4 is 5.32 Å². The number of likely N-dealkylation sites (N-methyl/N-ethyl adjacent to an activating group) is 1. The fourth-order valence-electron chi connectivity index (χ4n) is 2.60. The molecule has 0 aliphatic rings. The topological polar surface area (TPSA) is 49.4 Å². The standard InChI is InChI=1S/C21H26N2O2S/c1-3-22-21(25)17(2)23(16-18-10-6-4-7-11-18)20(24)14-15-26-19-12-8-5-9-13-19/h4-13,17H,3,14-16H2,1-2H3,(H,22,25)/t17-/m1/s1. The molecule has 2 aromatic rings. The van der Waals surface area contributed by atoms with Gasteiger partial charge in [0.2, 0.25) is 11.8 Å². The molecule has 0 heterocycles. The molecular weight excluding hydrogens is 344 g/mol. The van der Waals surface area contributed by atoms with Gasteiger partial charge in [-0.25, -0.2) is 0 Å². The highest BCUT2D eigenvalue weighted by Crippen LogP contribution is 2.19. The van der Waals surface area contributed by atoms with Gasteiger partial charge in [-0.3, -0.25) is 9.59 Å². The van der Waals surface area contributed by atoms with Crippen molar-refractivity contribution in [2.24, 2.45) is 0 Å². The molecule has 0 bridgehead atoms. The fourth-order valence-corrected chi connectivity index (χ4v) is 3.46. The van der Waals surface area contributed by atoms with Crippen LogP contribution in [0.1, 0.15) is 25.8 Å². The van der Waals surface area contributed by atoms with Crippen LogP contribution in [0, 0.1) is 0 Å². The summed E-state index contributed by atoms with van der Waals surface area (Å²) in [5.41, 5.74) is 1.02. The molecule has 2 rings (SSSR count). The number of nitrogens with one attached hydrogen (secondary N) is 1. The minimum absolute atomic E-state index is 0.00367. The van der Waals surface area contributed by atoms with Gasteiger partial charge in [-0.1, -0.05) is 48.5 Å². The van der Waals surface area contributed by atoms with E-state index in [0.717, 1.165) is 10.5 Å². The van der Waals surface area contributed by atoms with E-state index in [-0.39, 0.29) is 11.8 Å². The van der Waals surface area contributed by atoms with E-state index < -0.39 is 6.04 Å². The van der Waals surface area contributed by atoms with Crippen LogP contribution in [0.15, 0.2) is 65.6 Å². The first-order valence-corrected chi connectivity index (χ1v) is 9.89. The average Bonchev–Trinajstić information content (AvgIpc) is 2.67. The van der Waals surface area contributed by atoms with E-state index in [9.17, 15) is 9.59 Å². The number of carbonyl (C=O) groups excluding carboxylic acids is 2. The molecule has 0 unspecified atom stereocenters. The number of thioether (sulfide) groups is 1. The van der Waals surface area contributed by atoms with E-state index in [1.807, 2.05) is 67.6 Å². The van der Waals surface area contributed by atoms with Crippen molar-refractivity contribution < 1.29 is 9.59 Å². The van der Waals surface area contributed by atoms with Crippen molar-refractivity contribution in [3.05, 3.63) is 66.2 Å². The summed E-state index contributed by atoms with van der Waals surface area (Å²) in [4.78, 5) is 27.9. The third-order valence-electron chi connectivity index (χ3n) is 4.04. The third-order valence-corrected chi connectivity index (χ3v) is 5.06. The summed E-state index contributed by atoms with van der Waals surface area (Å²) in [5.74, 6) is 0.569. The molecule has 0 aliphatic carbocycles. The first kappa shape index (κ1) is 20.0. The van der Waals surface area contributed by atoms with Gasteiger partial charge in [0.25, 0.3) is 0 Å². The van der Waals surface area contributed by atoms with Gasteiger partial charge in [0.1, 0.15) is 6.04 Å². The summed E-state index contributed by atoms with van der Waals surface area (Å²) < 4.78 is 0. The number of benzene rings is 2. The smallest absolute Gasteiger partial charge is 0.242 e. The zero-order valence-corrected chi connectivity index (χ0v) is 16.2. The van der Waals surface area contributed by atoms with Crippen molar-refractivity contribution in [2.45, 2.75) is 37.8 Å². The van der Waals surface area contributed by atoms with E-state index in [1.54, 1.807) is 23.6 Å². The molecule has 4 nitrogen and oxygen atoms in total. The Kier molecular flexibility index (Phi) is 8.22. The molecule has 0 aromatic heterocycles. The summed E-state index contributed by atoms with van der Waals surface area (Å²) in [7, 11) is 0. The molecule has 2 amide bonds. The number of carbonyl (C=O) groups is 2. The van der Waals surface area contributed by atoms with E-state index in [1.165, 1.54) is 0 Å². The highest BCUT2D eigenvalue weighted by Gasteiger charge is 2.25. The zero-order chi connectivity index (χ0) is 18.8. The van der Waals surface area contributed by atoms with E-state index in [2.05, 4.69) is 5.32 Å². The predicted octanol–water partition coefficient (Wildman–Crippen LogP) is 3.72. The number of hydrogen-bond acceptors (Lipinski definition) is 3. The van der Waals surface area contributed by atoms with Crippen LogP contribution in [0.3, 0.4) is 0 Å². The van der Waals surface area contributed by atoms with Crippen LogP contribution in [0.5, 0.6) is 0 Å². The SMILES string of the molecule is CCNC(=O)[C@@H](C)N(Cc1ccccc1)C(=O)CCSc1ccccc1. The van der Waals surface area contributed by atoms with Crippen LogP contribution in [0.25, 0.3) is 0 Å². The normalized spacial score (nSPS) is 11.6. The molecule has 0 saturated carbocycles. The second-order valence-electron chi connectivity index (χ2n) is 5.99. The molecule has 1 N–H and O–H groups in total. The maximum absolute atomic E-state index is 12.8. The lowest BCUT2D eigenvalue weighted by molar-refractivity contribution is -0.140. The van der Waals surface area contributed by atoms with Crippen molar-refractivity contribution in [3.8, 4) is 0 Å². The molecule has 2 aromatic carbocycles. The molecule has 5 heteroatoms. The summed E-state index contributed by atoms with van der Waals surface area (Å²) in [5, 5.41) is 2.81. The Morgan fingerprint density at radius 1 is 1.04 bits per heavy atom. The number of rotatable bonds is 9. The first-order chi connectivity index (χ1) is 12.6. The summed E-state index contributed by atoms with van der Waals surface area (Å²) in [6.07, 6.45) is 0.399. The van der Waals surface area contributed by atoms with E-state index in [4.69, 9.17) is 0 Å². The first-order valence-electron chi connectivity index (χ1n) is 8.90. The summed E-state index contributed by atoms with van der Waals surface area (Å²) >= 11 is 1.65. The van der Waals surface area contributed by atoms with E-state index in [0.29, 0.717) is 25.3 Å². The van der Waals surface area contributed by atoms with Gasteiger partial charge in [0.05, 0.1) is 0 Å². The lowest BCUT2D eigenvalue weighted by Gasteiger charge is -2.28. The van der Waals surface area contributed by atoms with Gasteiger partial charge in [0.15, 0.2) is 0 Å². The molecule has 0 fully saturated rings. The monoisotopic (exact) mass is 370 g/mol. The summed E-state index contributed by atoms with van der Waals surface area (Å²) in [6.45, 7) is 4.66. The maximum Gasteiger partial charge on any atom is 0.242 e. The largest absolute Gasteiger partial charge is 0.355 e. The van der Waals surface area contributed by atoms with Gasteiger partial charge >= 0.3 is 0 Å².